The first-order chi connectivity index (χ1) is 7.16. The molecule has 0 amide bonds. The van der Waals surface area contributed by atoms with E-state index < -0.39 is 0 Å². The largest absolute Gasteiger partial charge is 0.383 e. The molecule has 0 saturated heterocycles. The summed E-state index contributed by atoms with van der Waals surface area (Å²) in [7, 11) is 1.71. The fraction of sp³-hybridized carbons (Fsp3) is 1.00. The predicted octanol–water partition coefficient (Wildman–Crippen LogP) is 0.626. The van der Waals surface area contributed by atoms with E-state index in [1.165, 1.54) is 0 Å². The lowest BCUT2D eigenvalue weighted by molar-refractivity contribution is 0.0795. The van der Waals surface area contributed by atoms with Gasteiger partial charge in [0.15, 0.2) is 0 Å². The van der Waals surface area contributed by atoms with Crippen LogP contribution < -0.4 is 10.6 Å². The number of ether oxygens (including phenoxy) is 2. The lowest BCUT2D eigenvalue weighted by Crippen LogP contribution is -2.39. The maximum absolute atomic E-state index is 5.43. The van der Waals surface area contributed by atoms with E-state index in [1.54, 1.807) is 7.11 Å². The highest BCUT2D eigenvalue weighted by Gasteiger charge is 2.00. The Kier molecular flexibility index (Phi) is 10.3. The van der Waals surface area contributed by atoms with Crippen LogP contribution in [0.5, 0.6) is 0 Å². The van der Waals surface area contributed by atoms with Gasteiger partial charge in [-0.05, 0) is 20.8 Å². The highest BCUT2D eigenvalue weighted by atomic mass is 16.5. The van der Waals surface area contributed by atoms with Crippen molar-refractivity contribution in [2.45, 2.75) is 32.9 Å². The fourth-order valence-electron chi connectivity index (χ4n) is 1.16. The van der Waals surface area contributed by atoms with Crippen LogP contribution in [0.1, 0.15) is 20.8 Å². The summed E-state index contributed by atoms with van der Waals surface area (Å²) in [5.74, 6) is 0. The Morgan fingerprint density at radius 1 is 1.07 bits per heavy atom. The van der Waals surface area contributed by atoms with Crippen LogP contribution in [0.15, 0.2) is 0 Å². The molecule has 0 fully saturated rings. The zero-order chi connectivity index (χ0) is 11.5. The molecule has 0 aromatic carbocycles. The predicted molar refractivity (Wildman–Crippen MR) is 63.3 cm³/mol. The fourth-order valence-corrected chi connectivity index (χ4v) is 1.16. The molecule has 4 nitrogen and oxygen atoms in total. The molecule has 0 aromatic rings. The van der Waals surface area contributed by atoms with E-state index in [2.05, 4.69) is 31.4 Å². The average Bonchev–Trinajstić information content (AvgIpc) is 2.19. The molecular formula is C11H26N2O2. The van der Waals surface area contributed by atoms with E-state index in [0.717, 1.165) is 32.8 Å². The van der Waals surface area contributed by atoms with E-state index in [1.807, 2.05) is 0 Å². The monoisotopic (exact) mass is 218 g/mol. The Morgan fingerprint density at radius 3 is 2.40 bits per heavy atom. The van der Waals surface area contributed by atoms with Gasteiger partial charge in [-0.2, -0.15) is 0 Å². The van der Waals surface area contributed by atoms with Gasteiger partial charge in [-0.25, -0.2) is 0 Å². The molecule has 1 unspecified atom stereocenters. The minimum absolute atomic E-state index is 0.321. The second-order valence-corrected chi connectivity index (χ2v) is 3.97. The molecule has 0 saturated carbocycles. The van der Waals surface area contributed by atoms with Gasteiger partial charge >= 0.3 is 0 Å². The Labute approximate surface area is 93.7 Å². The minimum atomic E-state index is 0.321. The number of rotatable bonds is 10. The summed E-state index contributed by atoms with van der Waals surface area (Å²) in [6.45, 7) is 10.6. The third-order valence-corrected chi connectivity index (χ3v) is 1.98. The quantitative estimate of drug-likeness (QED) is 0.528. The van der Waals surface area contributed by atoms with Crippen LogP contribution in [0.3, 0.4) is 0 Å². The van der Waals surface area contributed by atoms with Crippen LogP contribution in [0.2, 0.25) is 0 Å². The molecular weight excluding hydrogens is 192 g/mol. The summed E-state index contributed by atoms with van der Waals surface area (Å²) in [5, 5.41) is 6.69. The molecule has 0 rings (SSSR count). The van der Waals surface area contributed by atoms with Gasteiger partial charge in [-0.15, -0.1) is 0 Å². The molecule has 0 spiro atoms. The summed E-state index contributed by atoms with van der Waals surface area (Å²) in [6.07, 6.45) is 0.321. The first-order valence-corrected chi connectivity index (χ1v) is 5.71. The molecule has 0 aliphatic carbocycles. The van der Waals surface area contributed by atoms with Crippen molar-refractivity contribution < 1.29 is 9.47 Å². The third-order valence-electron chi connectivity index (χ3n) is 1.98. The molecule has 0 aliphatic rings. The average molecular weight is 218 g/mol. The molecule has 92 valence electrons. The van der Waals surface area contributed by atoms with Crippen LogP contribution in [0.4, 0.5) is 0 Å². The second kappa shape index (κ2) is 10.4. The Bertz CT molecular complexity index is 132. The summed E-state index contributed by atoms with van der Waals surface area (Å²) in [6, 6.07) is 0.470. The van der Waals surface area contributed by atoms with Gasteiger partial charge < -0.3 is 20.1 Å². The number of hydrogen-bond donors (Lipinski definition) is 2. The molecule has 0 heterocycles. The maximum atomic E-state index is 5.43. The van der Waals surface area contributed by atoms with E-state index in [9.17, 15) is 0 Å². The standard InChI is InChI=1S/C11H26N2O2/c1-10(2)15-8-6-13-11(3)9-12-5-7-14-4/h10-13H,5-9H2,1-4H3. The molecule has 1 atom stereocenters. The van der Waals surface area contributed by atoms with Gasteiger partial charge in [-0.1, -0.05) is 0 Å². The van der Waals surface area contributed by atoms with E-state index in [4.69, 9.17) is 9.47 Å². The van der Waals surface area contributed by atoms with Crippen molar-refractivity contribution in [3.05, 3.63) is 0 Å². The van der Waals surface area contributed by atoms with E-state index >= 15 is 0 Å². The van der Waals surface area contributed by atoms with Crippen molar-refractivity contribution in [3.63, 3.8) is 0 Å². The number of methoxy groups -OCH3 is 1. The first-order valence-electron chi connectivity index (χ1n) is 5.71. The van der Waals surface area contributed by atoms with E-state index in [-0.39, 0.29) is 0 Å². The van der Waals surface area contributed by atoms with Crippen molar-refractivity contribution in [1.29, 1.82) is 0 Å². The van der Waals surface area contributed by atoms with Crippen LogP contribution in [-0.2, 0) is 9.47 Å². The summed E-state index contributed by atoms with van der Waals surface area (Å²) in [4.78, 5) is 0. The first kappa shape index (κ1) is 14.8. The van der Waals surface area contributed by atoms with Crippen molar-refractivity contribution in [2.75, 3.05) is 40.0 Å². The SMILES string of the molecule is COCCNCC(C)NCCOC(C)C. The molecule has 15 heavy (non-hydrogen) atoms. The van der Waals surface area contributed by atoms with E-state index in [0.29, 0.717) is 12.1 Å². The van der Waals surface area contributed by atoms with Gasteiger partial charge in [-0.3, -0.25) is 0 Å². The normalized spacial score (nSPS) is 13.4. The summed E-state index contributed by atoms with van der Waals surface area (Å²) < 4.78 is 10.4. The third kappa shape index (κ3) is 11.8. The molecule has 0 aliphatic heterocycles. The lowest BCUT2D eigenvalue weighted by atomic mass is 10.3. The van der Waals surface area contributed by atoms with Crippen LogP contribution >= 0.6 is 0 Å². The molecule has 0 bridgehead atoms. The van der Waals surface area contributed by atoms with Gasteiger partial charge in [0.25, 0.3) is 0 Å². The maximum Gasteiger partial charge on any atom is 0.0594 e. The topological polar surface area (TPSA) is 42.5 Å². The molecule has 0 aromatic heterocycles. The van der Waals surface area contributed by atoms with Gasteiger partial charge in [0, 0.05) is 32.8 Å². The van der Waals surface area contributed by atoms with Gasteiger partial charge in [0.1, 0.15) is 0 Å². The zero-order valence-corrected chi connectivity index (χ0v) is 10.5. The van der Waals surface area contributed by atoms with Crippen molar-refractivity contribution in [3.8, 4) is 0 Å². The Hall–Kier alpha value is -0.160. The summed E-state index contributed by atoms with van der Waals surface area (Å²) >= 11 is 0. The second-order valence-electron chi connectivity index (χ2n) is 3.97. The van der Waals surface area contributed by atoms with Crippen molar-refractivity contribution in [1.82, 2.24) is 10.6 Å². The van der Waals surface area contributed by atoms with Crippen LogP contribution in [-0.4, -0.2) is 52.1 Å². The van der Waals surface area contributed by atoms with Crippen molar-refractivity contribution >= 4 is 0 Å². The highest BCUT2D eigenvalue weighted by Crippen LogP contribution is 1.86. The van der Waals surface area contributed by atoms with Crippen LogP contribution in [0.25, 0.3) is 0 Å². The van der Waals surface area contributed by atoms with Gasteiger partial charge in [0.2, 0.25) is 0 Å². The Balaban J connectivity index is 3.15. The molecule has 4 heteroatoms. The van der Waals surface area contributed by atoms with Crippen molar-refractivity contribution in [2.24, 2.45) is 0 Å². The minimum Gasteiger partial charge on any atom is -0.383 e. The van der Waals surface area contributed by atoms with Gasteiger partial charge in [0.05, 0.1) is 19.3 Å². The number of nitrogens with one attached hydrogen (secondary N) is 2. The van der Waals surface area contributed by atoms with Crippen LogP contribution in [0, 0.1) is 0 Å². The zero-order valence-electron chi connectivity index (χ0n) is 10.5. The Morgan fingerprint density at radius 2 is 1.80 bits per heavy atom. The lowest BCUT2D eigenvalue weighted by Gasteiger charge is -2.15. The molecule has 2 N–H and O–H groups in total. The number of hydrogen-bond acceptors (Lipinski definition) is 4. The summed E-state index contributed by atoms with van der Waals surface area (Å²) in [5.41, 5.74) is 0. The molecule has 0 radical (unpaired) electrons. The smallest absolute Gasteiger partial charge is 0.0594 e. The highest BCUT2D eigenvalue weighted by molar-refractivity contribution is 4.63.